The molecular formula is C17H22N2O4. The van der Waals surface area contributed by atoms with Gasteiger partial charge in [0.15, 0.2) is 17.7 Å². The summed E-state index contributed by atoms with van der Waals surface area (Å²) in [6.07, 6.45) is 2.41. The molecule has 0 aliphatic carbocycles. The number of aromatic nitrogens is 2. The van der Waals surface area contributed by atoms with E-state index in [1.165, 1.54) is 6.92 Å². The van der Waals surface area contributed by atoms with E-state index < -0.39 is 6.10 Å². The Hall–Kier alpha value is -2.37. The lowest BCUT2D eigenvalue weighted by molar-refractivity contribution is 0.100. The number of unbranched alkanes of at least 4 members (excludes halogenated alkanes) is 1. The molecule has 1 heterocycles. The van der Waals surface area contributed by atoms with Crippen molar-refractivity contribution >= 4 is 5.78 Å². The second-order valence-corrected chi connectivity index (χ2v) is 5.33. The van der Waals surface area contributed by atoms with E-state index >= 15 is 0 Å². The fraction of sp³-hybridized carbons (Fsp3) is 0.471. The van der Waals surface area contributed by atoms with Crippen LogP contribution in [0.5, 0.6) is 11.5 Å². The Kier molecular flexibility index (Phi) is 5.73. The van der Waals surface area contributed by atoms with Gasteiger partial charge >= 0.3 is 0 Å². The van der Waals surface area contributed by atoms with Crippen LogP contribution in [0.15, 0.2) is 22.7 Å². The van der Waals surface area contributed by atoms with Gasteiger partial charge in [0.05, 0.1) is 12.7 Å². The first kappa shape index (κ1) is 17.0. The zero-order valence-corrected chi connectivity index (χ0v) is 14.0. The maximum absolute atomic E-state index is 11.7. The highest BCUT2D eigenvalue weighted by atomic mass is 16.5. The molecular weight excluding hydrogens is 296 g/mol. The van der Waals surface area contributed by atoms with Crippen LogP contribution >= 0.6 is 0 Å². The molecule has 1 aromatic carbocycles. The molecule has 0 saturated heterocycles. The van der Waals surface area contributed by atoms with Crippen LogP contribution in [0.4, 0.5) is 0 Å². The molecule has 1 unspecified atom stereocenters. The summed E-state index contributed by atoms with van der Waals surface area (Å²) in [4.78, 5) is 16.1. The number of aryl methyl sites for hydroxylation is 1. The minimum Gasteiger partial charge on any atom is -0.497 e. The average molecular weight is 318 g/mol. The summed E-state index contributed by atoms with van der Waals surface area (Å²) in [6, 6.07) is 5.09. The van der Waals surface area contributed by atoms with E-state index in [0.717, 1.165) is 19.3 Å². The van der Waals surface area contributed by atoms with Crippen LogP contribution in [-0.4, -0.2) is 23.0 Å². The number of ketones is 1. The van der Waals surface area contributed by atoms with Crippen LogP contribution in [0.3, 0.4) is 0 Å². The number of Topliss-reactive ketones (excluding diaryl/α,β-unsaturated/α-hetero) is 1. The maximum Gasteiger partial charge on any atom is 0.267 e. The third kappa shape index (κ3) is 4.31. The normalized spacial score (nSPS) is 12.0. The Labute approximate surface area is 135 Å². The predicted molar refractivity (Wildman–Crippen MR) is 85.0 cm³/mol. The van der Waals surface area contributed by atoms with Crippen LogP contribution in [-0.2, 0) is 6.42 Å². The molecule has 0 saturated carbocycles. The SMILES string of the molecule is CCCCc1noc(C(C)Oc2cc(OC)ccc2C(C)=O)n1. The number of carbonyl (C=O) groups is 1. The number of nitrogens with zero attached hydrogens (tertiary/aromatic N) is 2. The van der Waals surface area contributed by atoms with Gasteiger partial charge in [-0.3, -0.25) is 4.79 Å². The van der Waals surface area contributed by atoms with E-state index in [0.29, 0.717) is 28.8 Å². The second-order valence-electron chi connectivity index (χ2n) is 5.33. The van der Waals surface area contributed by atoms with Gasteiger partial charge in [0, 0.05) is 12.5 Å². The van der Waals surface area contributed by atoms with E-state index in [2.05, 4.69) is 17.1 Å². The first-order chi connectivity index (χ1) is 11.0. The molecule has 0 spiro atoms. The molecule has 0 bridgehead atoms. The van der Waals surface area contributed by atoms with Crippen LogP contribution in [0, 0.1) is 0 Å². The Morgan fingerprint density at radius 1 is 1.39 bits per heavy atom. The van der Waals surface area contributed by atoms with Crippen LogP contribution in [0.1, 0.15) is 61.8 Å². The van der Waals surface area contributed by atoms with E-state index in [9.17, 15) is 4.79 Å². The van der Waals surface area contributed by atoms with E-state index in [4.69, 9.17) is 14.0 Å². The molecule has 0 aliphatic rings. The molecule has 23 heavy (non-hydrogen) atoms. The highest BCUT2D eigenvalue weighted by Gasteiger charge is 2.19. The molecule has 6 nitrogen and oxygen atoms in total. The van der Waals surface area contributed by atoms with Crippen molar-refractivity contribution in [3.8, 4) is 11.5 Å². The van der Waals surface area contributed by atoms with Gasteiger partial charge in [-0.2, -0.15) is 4.98 Å². The zero-order valence-electron chi connectivity index (χ0n) is 14.0. The van der Waals surface area contributed by atoms with Crippen molar-refractivity contribution in [1.82, 2.24) is 10.1 Å². The van der Waals surface area contributed by atoms with Crippen molar-refractivity contribution in [1.29, 1.82) is 0 Å². The van der Waals surface area contributed by atoms with Crippen molar-refractivity contribution in [3.63, 3.8) is 0 Å². The van der Waals surface area contributed by atoms with Crippen molar-refractivity contribution in [3.05, 3.63) is 35.5 Å². The Morgan fingerprint density at radius 2 is 2.17 bits per heavy atom. The van der Waals surface area contributed by atoms with Gasteiger partial charge in [-0.15, -0.1) is 0 Å². The molecule has 0 fully saturated rings. The first-order valence-electron chi connectivity index (χ1n) is 7.73. The molecule has 0 radical (unpaired) electrons. The summed E-state index contributed by atoms with van der Waals surface area (Å²) in [5.41, 5.74) is 0.489. The number of carbonyl (C=O) groups excluding carboxylic acids is 1. The third-order valence-electron chi connectivity index (χ3n) is 3.46. The molecule has 0 aliphatic heterocycles. The number of ether oxygens (including phenoxy) is 2. The quantitative estimate of drug-likeness (QED) is 0.690. The monoisotopic (exact) mass is 318 g/mol. The number of hydrogen-bond donors (Lipinski definition) is 0. The Morgan fingerprint density at radius 3 is 2.83 bits per heavy atom. The Bertz CT molecular complexity index is 666. The third-order valence-corrected chi connectivity index (χ3v) is 3.46. The fourth-order valence-electron chi connectivity index (χ4n) is 2.13. The summed E-state index contributed by atoms with van der Waals surface area (Å²) >= 11 is 0. The minimum absolute atomic E-state index is 0.0796. The topological polar surface area (TPSA) is 74.5 Å². The maximum atomic E-state index is 11.7. The van der Waals surface area contributed by atoms with Gasteiger partial charge in [0.25, 0.3) is 5.89 Å². The lowest BCUT2D eigenvalue weighted by Crippen LogP contribution is -2.07. The second kappa shape index (κ2) is 7.76. The van der Waals surface area contributed by atoms with Gasteiger partial charge in [0.1, 0.15) is 11.5 Å². The van der Waals surface area contributed by atoms with Crippen molar-refractivity contribution < 1.29 is 18.8 Å². The highest BCUT2D eigenvalue weighted by molar-refractivity contribution is 5.97. The first-order valence-corrected chi connectivity index (χ1v) is 7.73. The zero-order chi connectivity index (χ0) is 16.8. The van der Waals surface area contributed by atoms with Gasteiger partial charge in [-0.25, -0.2) is 0 Å². The Balaban J connectivity index is 2.17. The van der Waals surface area contributed by atoms with Gasteiger partial charge in [0.2, 0.25) is 0 Å². The summed E-state index contributed by atoms with van der Waals surface area (Å²) in [5.74, 6) is 2.05. The molecule has 6 heteroatoms. The average Bonchev–Trinajstić information content (AvgIpc) is 3.01. The van der Waals surface area contributed by atoms with Gasteiger partial charge < -0.3 is 14.0 Å². The van der Waals surface area contributed by atoms with Crippen molar-refractivity contribution in [2.24, 2.45) is 0 Å². The predicted octanol–water partition coefficient (Wildman–Crippen LogP) is 3.76. The summed E-state index contributed by atoms with van der Waals surface area (Å²) in [5, 5.41) is 3.95. The van der Waals surface area contributed by atoms with Gasteiger partial charge in [-0.1, -0.05) is 18.5 Å². The molecule has 124 valence electrons. The number of methoxy groups -OCH3 is 1. The van der Waals surface area contributed by atoms with E-state index in [-0.39, 0.29) is 5.78 Å². The van der Waals surface area contributed by atoms with Crippen molar-refractivity contribution in [2.75, 3.05) is 7.11 Å². The van der Waals surface area contributed by atoms with Gasteiger partial charge in [-0.05, 0) is 32.4 Å². The fourth-order valence-corrected chi connectivity index (χ4v) is 2.13. The molecule has 0 amide bonds. The van der Waals surface area contributed by atoms with E-state index in [1.54, 1.807) is 32.2 Å². The van der Waals surface area contributed by atoms with Crippen LogP contribution in [0.2, 0.25) is 0 Å². The van der Waals surface area contributed by atoms with Crippen molar-refractivity contribution in [2.45, 2.75) is 46.1 Å². The molecule has 2 aromatic rings. The smallest absolute Gasteiger partial charge is 0.267 e. The standard InChI is InChI=1S/C17H22N2O4/c1-5-6-7-16-18-17(23-19-16)12(3)22-15-10-13(21-4)8-9-14(15)11(2)20/h8-10,12H,5-7H2,1-4H3. The summed E-state index contributed by atoms with van der Waals surface area (Å²) < 4.78 is 16.3. The summed E-state index contributed by atoms with van der Waals surface area (Å²) in [6.45, 7) is 5.41. The lowest BCUT2D eigenvalue weighted by atomic mass is 10.1. The highest BCUT2D eigenvalue weighted by Crippen LogP contribution is 2.29. The van der Waals surface area contributed by atoms with Crippen LogP contribution < -0.4 is 9.47 Å². The number of benzene rings is 1. The lowest BCUT2D eigenvalue weighted by Gasteiger charge is -2.14. The van der Waals surface area contributed by atoms with Crippen LogP contribution in [0.25, 0.3) is 0 Å². The molecule has 1 atom stereocenters. The molecule has 1 aromatic heterocycles. The van der Waals surface area contributed by atoms with E-state index in [1.807, 2.05) is 0 Å². The largest absolute Gasteiger partial charge is 0.497 e. The molecule has 2 rings (SSSR count). The number of rotatable bonds is 8. The minimum atomic E-state index is -0.455. The molecule has 0 N–H and O–H groups in total. The summed E-state index contributed by atoms with van der Waals surface area (Å²) in [7, 11) is 1.56. The number of hydrogen-bond acceptors (Lipinski definition) is 6.